The summed E-state index contributed by atoms with van der Waals surface area (Å²) in [5.74, 6) is 1.78. The van der Waals surface area contributed by atoms with E-state index < -0.39 is 0 Å². The molecule has 0 unspecified atom stereocenters. The lowest BCUT2D eigenvalue weighted by atomic mass is 9.63. The molecule has 5 heteroatoms. The molecule has 2 aromatic heterocycles. The maximum absolute atomic E-state index is 9.14. The van der Waals surface area contributed by atoms with Crippen LogP contribution in [-0.2, 0) is 27.1 Å². The Kier molecular flexibility index (Phi) is 10.3. The molecule has 1 aliphatic heterocycles. The molecule has 7 aromatic carbocycles. The highest BCUT2D eigenvalue weighted by Crippen LogP contribution is 2.54. The highest BCUT2D eigenvalue weighted by molar-refractivity contribution is 6.09. The Morgan fingerprint density at radius 1 is 0.521 bits per heavy atom. The lowest BCUT2D eigenvalue weighted by molar-refractivity contribution is 0.332. The van der Waals surface area contributed by atoms with E-state index in [1.165, 1.54) is 50.2 Å². The number of pyridine rings is 1. The molecule has 0 saturated carbocycles. The minimum Gasteiger partial charge on any atom is -0.457 e. The number of benzene rings is 7. The molecule has 0 fully saturated rings. The second-order valence-electron chi connectivity index (χ2n) is 25.0. The minimum absolute atomic E-state index is 0.0333. The van der Waals surface area contributed by atoms with Crippen LogP contribution in [0.4, 0.5) is 22.7 Å². The molecule has 0 bridgehead atoms. The van der Waals surface area contributed by atoms with Gasteiger partial charge >= 0.3 is 0 Å². The van der Waals surface area contributed by atoms with E-state index in [1.54, 1.807) is 6.20 Å². The summed E-state index contributed by atoms with van der Waals surface area (Å²) in [5, 5.41) is 1.13. The zero-order valence-corrected chi connectivity index (χ0v) is 45.1. The first-order chi connectivity index (χ1) is 36.2. The Labute approximate surface area is 440 Å². The highest BCUT2D eigenvalue weighted by atomic mass is 16.5. The maximum atomic E-state index is 9.14. The summed E-state index contributed by atoms with van der Waals surface area (Å²) in [7, 11) is 0. The molecule has 0 amide bonds. The van der Waals surface area contributed by atoms with E-state index in [4.69, 9.17) is 15.2 Å². The number of para-hydroxylation sites is 3. The molecule has 5 nitrogen and oxygen atoms in total. The van der Waals surface area contributed by atoms with Gasteiger partial charge in [-0.05, 0) is 146 Å². The minimum atomic E-state index is -0.287. The number of nitrogens with zero attached hydrogens (tertiary/aromatic N) is 4. The summed E-state index contributed by atoms with van der Waals surface area (Å²) in [5.41, 5.74) is 16.5. The number of anilines is 4. The predicted molar refractivity (Wildman–Crippen MR) is 309 cm³/mol. The van der Waals surface area contributed by atoms with Crippen molar-refractivity contribution < 1.29 is 10.2 Å². The number of hydrogen-bond donors (Lipinski definition) is 0. The van der Waals surface area contributed by atoms with Gasteiger partial charge in [0.05, 0.1) is 33.6 Å². The van der Waals surface area contributed by atoms with Crippen molar-refractivity contribution in [1.82, 2.24) is 9.55 Å². The Hall–Kier alpha value is -7.11. The van der Waals surface area contributed by atoms with Crippen LogP contribution in [0.2, 0.25) is 0 Å². The molecule has 370 valence electrons. The number of ether oxygens (including phenoxy) is 1. The molecule has 11 rings (SSSR count). The second kappa shape index (κ2) is 17.3. The van der Waals surface area contributed by atoms with Crippen molar-refractivity contribution in [2.24, 2.45) is 0 Å². The van der Waals surface area contributed by atoms with Gasteiger partial charge in [0.25, 0.3) is 0 Å². The second-order valence-corrected chi connectivity index (χ2v) is 25.0. The van der Waals surface area contributed by atoms with Crippen molar-refractivity contribution in [2.75, 3.05) is 16.5 Å². The summed E-state index contributed by atoms with van der Waals surface area (Å²) < 4.78 is 44.2. The quantitative estimate of drug-likeness (QED) is 0.159. The predicted octanol–water partition coefficient (Wildman–Crippen LogP) is 18.8. The van der Waals surface area contributed by atoms with Crippen molar-refractivity contribution in [2.45, 2.75) is 130 Å². The topological polar surface area (TPSA) is 33.5 Å². The van der Waals surface area contributed by atoms with Crippen molar-refractivity contribution in [3.63, 3.8) is 0 Å². The van der Waals surface area contributed by atoms with Gasteiger partial charge in [0, 0.05) is 45.9 Å². The van der Waals surface area contributed by atoms with Gasteiger partial charge in [-0.25, -0.2) is 4.98 Å². The first kappa shape index (κ1) is 43.5. The van der Waals surface area contributed by atoms with Crippen molar-refractivity contribution >= 4 is 44.6 Å². The fraction of sp³-hybridized carbons (Fsp3) is 0.309. The average Bonchev–Trinajstić information content (AvgIpc) is 4.18. The van der Waals surface area contributed by atoms with Gasteiger partial charge in [0.2, 0.25) is 0 Å². The molecule has 0 N–H and O–H groups in total. The molecular formula is C68H72N4O. The summed E-state index contributed by atoms with van der Waals surface area (Å²) in [6.45, 7) is 30.5. The summed E-state index contributed by atoms with van der Waals surface area (Å²) in [4.78, 5) is 9.71. The van der Waals surface area contributed by atoms with Crippen molar-refractivity contribution in [3.8, 4) is 39.6 Å². The van der Waals surface area contributed by atoms with E-state index >= 15 is 0 Å². The fourth-order valence-electron chi connectivity index (χ4n) is 11.2. The van der Waals surface area contributed by atoms with E-state index in [-0.39, 0.29) is 51.2 Å². The lowest BCUT2D eigenvalue weighted by Crippen LogP contribution is -2.33. The van der Waals surface area contributed by atoms with Gasteiger partial charge in [0.15, 0.2) is 0 Å². The Balaban J connectivity index is 1.05. The summed E-state index contributed by atoms with van der Waals surface area (Å²) >= 11 is 0. The van der Waals surface area contributed by atoms with Gasteiger partial charge < -0.3 is 14.5 Å². The zero-order chi connectivity index (χ0) is 54.9. The number of fused-ring (bicyclic) bond motifs is 5. The molecule has 2 aliphatic rings. The molecule has 73 heavy (non-hydrogen) atoms. The third-order valence-corrected chi connectivity index (χ3v) is 15.8. The van der Waals surface area contributed by atoms with E-state index in [2.05, 4.69) is 191 Å². The molecule has 0 atom stereocenters. The number of aromatic nitrogens is 2. The van der Waals surface area contributed by atoms with Crippen LogP contribution in [0.3, 0.4) is 0 Å². The van der Waals surface area contributed by atoms with Crippen LogP contribution in [0, 0.1) is 0 Å². The first-order valence-electron chi connectivity index (χ1n) is 28.1. The van der Waals surface area contributed by atoms with E-state index in [0.29, 0.717) is 45.8 Å². The Bertz CT molecular complexity index is 3850. The molecule has 0 spiro atoms. The van der Waals surface area contributed by atoms with Gasteiger partial charge in [-0.1, -0.05) is 169 Å². The first-order valence-corrected chi connectivity index (χ1v) is 26.1. The summed E-state index contributed by atoms with van der Waals surface area (Å²) in [6, 6.07) is 47.4. The molecule has 3 heterocycles. The van der Waals surface area contributed by atoms with Crippen LogP contribution < -0.4 is 14.5 Å². The number of hydrogen-bond acceptors (Lipinski definition) is 4. The molecular weight excluding hydrogens is 889 g/mol. The molecule has 0 radical (unpaired) electrons. The smallest absolute Gasteiger partial charge is 0.137 e. The standard InChI is InChI=1S/C68H72N4O/c1-64(2,3)46-21-18-20-44(36-46)54-38-48(66(7,8)9)39-55(45-28-31-56-57(37-45)68(12,13)34-33-67(56,10)11)63(54)71-43-70(59-26-16-17-27-60(59)71)49-22-19-23-50(41-49)73-51-29-30-53-52-24-14-15-25-58(52)72(61(53)42-51)62-40-47(32-35-69-62)65(4,5)6/h14-32,35-42H,33-34,43H2,1-13H3/i14D,15D,24D,25D. The zero-order valence-electron chi connectivity index (χ0n) is 49.1. The van der Waals surface area contributed by atoms with Gasteiger partial charge in [-0.2, -0.15) is 0 Å². The monoisotopic (exact) mass is 965 g/mol. The summed E-state index contributed by atoms with van der Waals surface area (Å²) in [6.07, 6.45) is 4.06. The van der Waals surface area contributed by atoms with Crippen molar-refractivity contribution in [3.05, 3.63) is 192 Å². The van der Waals surface area contributed by atoms with Crippen LogP contribution in [-0.4, -0.2) is 16.2 Å². The average molecular weight is 965 g/mol. The van der Waals surface area contributed by atoms with Crippen molar-refractivity contribution in [1.29, 1.82) is 0 Å². The Morgan fingerprint density at radius 2 is 1.15 bits per heavy atom. The molecule has 1 aliphatic carbocycles. The SMILES string of the molecule is [2H]c1c([2H])c([2H])c2c(c1[2H])c1ccc(Oc3cccc(N4CN(c5c(-c6cccc(C(C)(C)C)c6)cc(C(C)(C)C)cc5-c5ccc6c(c5)C(C)(C)CCC6(C)C)c5ccccc54)c3)cc1n2-c1cc(C(C)(C)C)ccn1. The van der Waals surface area contributed by atoms with Crippen LogP contribution in [0.25, 0.3) is 49.9 Å². The third-order valence-electron chi connectivity index (χ3n) is 15.8. The van der Waals surface area contributed by atoms with Gasteiger partial charge in [-0.15, -0.1) is 0 Å². The normalized spacial score (nSPS) is 16.2. The largest absolute Gasteiger partial charge is 0.457 e. The van der Waals surface area contributed by atoms with Crippen LogP contribution >= 0.6 is 0 Å². The maximum Gasteiger partial charge on any atom is 0.137 e. The van der Waals surface area contributed by atoms with Crippen LogP contribution in [0.1, 0.15) is 136 Å². The van der Waals surface area contributed by atoms with Crippen LogP contribution in [0.15, 0.2) is 164 Å². The lowest BCUT2D eigenvalue weighted by Gasteiger charge is -2.42. The third kappa shape index (κ3) is 8.69. The molecule has 0 saturated heterocycles. The molecule has 9 aromatic rings. The fourth-order valence-corrected chi connectivity index (χ4v) is 11.2. The van der Waals surface area contributed by atoms with Gasteiger partial charge in [0.1, 0.15) is 24.0 Å². The Morgan fingerprint density at radius 3 is 1.86 bits per heavy atom. The van der Waals surface area contributed by atoms with Crippen LogP contribution in [0.5, 0.6) is 11.5 Å². The van der Waals surface area contributed by atoms with E-state index in [9.17, 15) is 0 Å². The van der Waals surface area contributed by atoms with E-state index in [0.717, 1.165) is 35.5 Å². The van der Waals surface area contributed by atoms with E-state index in [1.807, 2.05) is 47.0 Å². The van der Waals surface area contributed by atoms with Gasteiger partial charge in [-0.3, -0.25) is 4.57 Å². The number of rotatable bonds is 7. The highest BCUT2D eigenvalue weighted by Gasteiger charge is 2.38.